The van der Waals surface area contributed by atoms with Gasteiger partial charge >= 0.3 is 16.5 Å². The first kappa shape index (κ1) is 43.4. The third-order valence-electron chi connectivity index (χ3n) is 12.6. The Balaban J connectivity index is 1.51. The lowest BCUT2D eigenvalue weighted by Crippen LogP contribution is -2.21. The van der Waals surface area contributed by atoms with Crippen molar-refractivity contribution >= 4 is 60.4 Å². The van der Waals surface area contributed by atoms with Crippen molar-refractivity contribution in [1.29, 1.82) is 0 Å². The maximum atomic E-state index is 7.34. The minimum atomic E-state index is -2.00. The largest absolute Gasteiger partial charge is 0.453 e. The first-order valence-corrected chi connectivity index (χ1v) is 24.0. The van der Waals surface area contributed by atoms with Gasteiger partial charge in [-0.15, -0.1) is 0 Å². The molecule has 0 spiro atoms. The minimum Gasteiger partial charge on any atom is -0.390 e. The van der Waals surface area contributed by atoms with E-state index in [1.165, 1.54) is 11.1 Å². The van der Waals surface area contributed by atoms with Crippen molar-refractivity contribution in [2.75, 3.05) is 0 Å². The summed E-state index contributed by atoms with van der Waals surface area (Å²) < 4.78 is 41.8. The summed E-state index contributed by atoms with van der Waals surface area (Å²) in [4.78, 5) is 0. The van der Waals surface area contributed by atoms with Gasteiger partial charge in [-0.25, -0.2) is 0 Å². The molecule has 8 heteroatoms. The quantitative estimate of drug-likeness (QED) is 0.144. The van der Waals surface area contributed by atoms with E-state index in [1.54, 1.807) is 0 Å². The van der Waals surface area contributed by atoms with E-state index in [-0.39, 0.29) is 21.7 Å². The third-order valence-corrected chi connectivity index (χ3v) is 14.6. The molecule has 8 rings (SSSR count). The van der Waals surface area contributed by atoms with E-state index in [0.717, 1.165) is 56.6 Å². The molecule has 62 heavy (non-hydrogen) atoms. The molecule has 0 saturated carbocycles. The molecule has 0 aliphatic carbocycles. The smallest absolute Gasteiger partial charge is 0.390 e. The first-order chi connectivity index (χ1) is 29.4. The van der Waals surface area contributed by atoms with Crippen LogP contribution in [-0.4, -0.2) is 0 Å². The maximum Gasteiger partial charge on any atom is 0.453 e. The first-order valence-electron chi connectivity index (χ1n) is 21.8. The fourth-order valence-electron chi connectivity index (χ4n) is 7.82. The van der Waals surface area contributed by atoms with Gasteiger partial charge in [0.15, 0.2) is 0 Å². The monoisotopic (exact) mass is 866 g/mol. The van der Waals surface area contributed by atoms with Gasteiger partial charge in [0, 0.05) is 43.8 Å². The van der Waals surface area contributed by atoms with E-state index in [4.69, 9.17) is 25.8 Å². The summed E-state index contributed by atoms with van der Waals surface area (Å²) in [6, 6.07) is 41.6. The van der Waals surface area contributed by atoms with Gasteiger partial charge in [0.05, 0.1) is 0 Å². The predicted octanol–water partition coefficient (Wildman–Crippen LogP) is 18.2. The lowest BCUT2D eigenvalue weighted by molar-refractivity contribution is 0.466. The Labute approximate surface area is 368 Å². The SMILES string of the molecule is CCC(C)(C)c1cc(-c2cc(C(C)(C)CC)cc(C(C)(C)C)c2Op2oc3ccccc3c3ccccc3o2)c(Op2oc3ccccc3c3ccccc3o2)c(C(C)(C)C)c1. The second-order valence-electron chi connectivity index (χ2n) is 19.8. The highest BCUT2D eigenvalue weighted by atomic mass is 31.1. The third kappa shape index (κ3) is 8.45. The Morgan fingerprint density at radius 3 is 0.935 bits per heavy atom. The topological polar surface area (TPSA) is 71.0 Å². The van der Waals surface area contributed by atoms with Gasteiger partial charge in [-0.3, -0.25) is 0 Å². The highest BCUT2D eigenvalue weighted by Crippen LogP contribution is 2.54. The van der Waals surface area contributed by atoms with Gasteiger partial charge < -0.3 is 25.8 Å². The summed E-state index contributed by atoms with van der Waals surface area (Å²) >= 11 is 0. The molecule has 0 saturated heterocycles. The van der Waals surface area contributed by atoms with Crippen LogP contribution in [0, 0.1) is 0 Å². The van der Waals surface area contributed by atoms with Crippen molar-refractivity contribution in [2.45, 2.75) is 118 Å². The molecule has 0 N–H and O–H groups in total. The molecule has 0 fully saturated rings. The van der Waals surface area contributed by atoms with Crippen LogP contribution in [0.4, 0.5) is 0 Å². The molecule has 2 heterocycles. The molecule has 6 aromatic carbocycles. The molecule has 6 nitrogen and oxygen atoms in total. The fourth-order valence-corrected chi connectivity index (χ4v) is 10.0. The van der Waals surface area contributed by atoms with Crippen molar-refractivity contribution in [2.24, 2.45) is 0 Å². The van der Waals surface area contributed by atoms with E-state index in [0.29, 0.717) is 33.8 Å². The molecule has 0 bridgehead atoms. The molecule has 0 radical (unpaired) electrons. The summed E-state index contributed by atoms with van der Waals surface area (Å²) in [5.74, 6) is 1.39. The molecule has 0 unspecified atom stereocenters. The van der Waals surface area contributed by atoms with Crippen LogP contribution >= 0.6 is 16.5 Å². The van der Waals surface area contributed by atoms with Crippen LogP contribution in [0.15, 0.2) is 138 Å². The number of rotatable bonds is 9. The fraction of sp³-hybridized carbons (Fsp3) is 0.333. The summed E-state index contributed by atoms with van der Waals surface area (Å²) in [5, 5.41) is 3.84. The number of fused-ring (bicyclic) bond motifs is 6. The Bertz CT molecular complexity index is 2710. The molecular formula is C54H60O6P2. The van der Waals surface area contributed by atoms with Crippen LogP contribution in [0.5, 0.6) is 11.5 Å². The normalized spacial score (nSPS) is 12.6. The van der Waals surface area contributed by atoms with Crippen LogP contribution in [0.3, 0.4) is 0 Å². The van der Waals surface area contributed by atoms with Crippen molar-refractivity contribution < 1.29 is 25.8 Å². The van der Waals surface area contributed by atoms with Gasteiger partial charge in [0.25, 0.3) is 0 Å². The zero-order valence-electron chi connectivity index (χ0n) is 38.3. The Morgan fingerprint density at radius 1 is 0.403 bits per heavy atom. The Kier molecular flexibility index (Phi) is 11.5. The van der Waals surface area contributed by atoms with E-state index in [1.807, 2.05) is 72.8 Å². The second-order valence-corrected chi connectivity index (χ2v) is 21.7. The van der Waals surface area contributed by atoms with Crippen molar-refractivity contribution in [3.8, 4) is 22.6 Å². The van der Waals surface area contributed by atoms with Crippen LogP contribution in [0.25, 0.3) is 55.0 Å². The maximum absolute atomic E-state index is 7.34. The number of benzene rings is 6. The lowest BCUT2D eigenvalue weighted by Gasteiger charge is -2.33. The average molecular weight is 867 g/mol. The van der Waals surface area contributed by atoms with E-state index in [2.05, 4.69) is 132 Å². The van der Waals surface area contributed by atoms with Gasteiger partial charge in [0.2, 0.25) is 0 Å². The highest BCUT2D eigenvalue weighted by Gasteiger charge is 2.34. The molecule has 8 aromatic rings. The Morgan fingerprint density at radius 2 is 0.677 bits per heavy atom. The lowest BCUT2D eigenvalue weighted by atomic mass is 9.74. The van der Waals surface area contributed by atoms with Gasteiger partial charge in [0.1, 0.15) is 33.8 Å². The van der Waals surface area contributed by atoms with Gasteiger partial charge in [-0.1, -0.05) is 168 Å². The van der Waals surface area contributed by atoms with Crippen LogP contribution in [0.1, 0.15) is 118 Å². The standard InChI is InChI=1S/C54H60O6P2/c1-13-53(9,10)35-31-41(49(43(33-35)51(3,4)5)59-61-55-45-27-19-15-23-37(45)38-24-16-20-28-46(38)56-61)42-32-36(54(11,12)14-2)34-44(52(6,7)8)50(42)60-62-57-47-29-21-17-25-39(47)40-26-18-22-30-48(40)58-62/h15-34H,13-14H2,1-12H3. The van der Waals surface area contributed by atoms with Crippen molar-refractivity contribution in [3.05, 3.63) is 144 Å². The number of hydrogen-bond donors (Lipinski definition) is 0. The van der Waals surface area contributed by atoms with Crippen molar-refractivity contribution in [1.82, 2.24) is 0 Å². The van der Waals surface area contributed by atoms with Crippen LogP contribution in [-0.2, 0) is 21.7 Å². The minimum absolute atomic E-state index is 0.162. The summed E-state index contributed by atoms with van der Waals surface area (Å²) in [6.45, 7) is 27.2. The molecule has 322 valence electrons. The van der Waals surface area contributed by atoms with Crippen molar-refractivity contribution in [3.63, 3.8) is 0 Å². The number of hydrogen-bond acceptors (Lipinski definition) is 6. The molecule has 0 atom stereocenters. The molecule has 2 aromatic heterocycles. The van der Waals surface area contributed by atoms with Crippen LogP contribution < -0.4 is 9.05 Å². The number of para-hydroxylation sites is 4. The molecule has 0 aliphatic heterocycles. The summed E-state index contributed by atoms with van der Waals surface area (Å²) in [5.41, 5.74) is 8.13. The van der Waals surface area contributed by atoms with E-state index >= 15 is 0 Å². The van der Waals surface area contributed by atoms with Gasteiger partial charge in [-0.2, -0.15) is 0 Å². The summed E-state index contributed by atoms with van der Waals surface area (Å²) in [6.07, 6.45) is 1.88. The van der Waals surface area contributed by atoms with Gasteiger partial charge in [-0.05, 0) is 82.0 Å². The predicted molar refractivity (Wildman–Crippen MR) is 261 cm³/mol. The zero-order chi connectivity index (χ0) is 44.2. The highest BCUT2D eigenvalue weighted by molar-refractivity contribution is 7.32. The molecular weight excluding hydrogens is 807 g/mol. The Hall–Kier alpha value is -5.28. The molecule has 0 amide bonds. The molecule has 0 aliphatic rings. The van der Waals surface area contributed by atoms with E-state index < -0.39 is 16.5 Å². The summed E-state index contributed by atoms with van der Waals surface area (Å²) in [7, 11) is -3.99. The zero-order valence-corrected chi connectivity index (χ0v) is 40.1. The average Bonchev–Trinajstić information content (AvgIpc) is 3.50. The van der Waals surface area contributed by atoms with Crippen LogP contribution in [0.2, 0.25) is 0 Å². The second kappa shape index (κ2) is 16.4. The van der Waals surface area contributed by atoms with E-state index in [9.17, 15) is 0 Å².